The Kier molecular flexibility index (Phi) is 13.0. The minimum Gasteiger partial charge on any atom is -0.275 e. The number of aliphatic imine (C=N–C) groups is 2. The number of benzene rings is 6. The Morgan fingerprint density at radius 3 is 0.981 bits per heavy atom. The monoisotopic (exact) mass is 734 g/mol. The fourth-order valence-corrected chi connectivity index (χ4v) is 7.88. The molecule has 54 heavy (non-hydrogen) atoms. The van der Waals surface area contributed by atoms with Gasteiger partial charge in [-0.2, -0.15) is 0 Å². The second-order valence-corrected chi connectivity index (χ2v) is 14.8. The molecule has 6 aromatic carbocycles. The van der Waals surface area contributed by atoms with Gasteiger partial charge in [0.1, 0.15) is 0 Å². The first-order chi connectivity index (χ1) is 26.8. The third-order valence-electron chi connectivity index (χ3n) is 9.09. The van der Waals surface area contributed by atoms with Crippen LogP contribution in [0.3, 0.4) is 0 Å². The standard InChI is InChI=1S/2C25H21NS/c2*1-4-11-20(12-5-1)19-23(21-13-6-2-7-14-21)26-25(24-17-10-18-27-24)22-15-8-3-9-16-22/h2*1-18,23H,19H2/t2*23-/m10/s1. The molecule has 8 aromatic rings. The summed E-state index contributed by atoms with van der Waals surface area (Å²) in [6.07, 6.45) is 1.76. The van der Waals surface area contributed by atoms with Crippen molar-refractivity contribution >= 4 is 34.1 Å². The zero-order valence-corrected chi connectivity index (χ0v) is 31.7. The molecule has 8 rings (SSSR count). The van der Waals surface area contributed by atoms with E-state index in [1.54, 1.807) is 22.7 Å². The fraction of sp³-hybridized carbons (Fsp3) is 0.0800. The molecule has 0 saturated carbocycles. The van der Waals surface area contributed by atoms with Gasteiger partial charge >= 0.3 is 0 Å². The van der Waals surface area contributed by atoms with Crippen LogP contribution < -0.4 is 0 Å². The van der Waals surface area contributed by atoms with Crippen molar-refractivity contribution in [3.05, 3.63) is 260 Å². The van der Waals surface area contributed by atoms with E-state index in [0.29, 0.717) is 0 Å². The van der Waals surface area contributed by atoms with E-state index >= 15 is 0 Å². The Morgan fingerprint density at radius 1 is 0.352 bits per heavy atom. The predicted molar refractivity (Wildman–Crippen MR) is 231 cm³/mol. The second-order valence-electron chi connectivity index (χ2n) is 12.9. The highest BCUT2D eigenvalue weighted by atomic mass is 32.1. The summed E-state index contributed by atoms with van der Waals surface area (Å²) < 4.78 is 0. The molecule has 2 aromatic heterocycles. The summed E-state index contributed by atoms with van der Waals surface area (Å²) in [5, 5.41) is 4.23. The first kappa shape index (κ1) is 36.4. The van der Waals surface area contributed by atoms with Crippen molar-refractivity contribution in [2.24, 2.45) is 9.98 Å². The maximum Gasteiger partial charge on any atom is 0.0826 e. The molecule has 2 heterocycles. The smallest absolute Gasteiger partial charge is 0.0826 e. The van der Waals surface area contributed by atoms with Gasteiger partial charge in [0.25, 0.3) is 0 Å². The van der Waals surface area contributed by atoms with E-state index in [1.807, 2.05) is 12.1 Å². The van der Waals surface area contributed by atoms with Gasteiger partial charge in [0.15, 0.2) is 0 Å². The van der Waals surface area contributed by atoms with Gasteiger partial charge in [-0.25, -0.2) is 0 Å². The number of nitrogens with zero attached hydrogens (tertiary/aromatic N) is 2. The summed E-state index contributed by atoms with van der Waals surface area (Å²) in [7, 11) is 0. The molecule has 0 N–H and O–H groups in total. The van der Waals surface area contributed by atoms with E-state index in [0.717, 1.165) is 35.4 Å². The minimum absolute atomic E-state index is 0.0749. The van der Waals surface area contributed by atoms with Crippen LogP contribution in [-0.2, 0) is 12.8 Å². The highest BCUT2D eigenvalue weighted by molar-refractivity contribution is 7.12. The van der Waals surface area contributed by atoms with Gasteiger partial charge in [0.05, 0.1) is 33.3 Å². The molecule has 0 aliphatic carbocycles. The van der Waals surface area contributed by atoms with Crippen LogP contribution in [0.1, 0.15) is 55.2 Å². The van der Waals surface area contributed by atoms with E-state index < -0.39 is 0 Å². The first-order valence-corrected chi connectivity index (χ1v) is 20.1. The molecule has 0 unspecified atom stereocenters. The minimum atomic E-state index is 0.0749. The zero-order valence-electron chi connectivity index (χ0n) is 30.1. The molecule has 0 amide bonds. The maximum absolute atomic E-state index is 5.28. The van der Waals surface area contributed by atoms with Crippen LogP contribution in [-0.4, -0.2) is 11.4 Å². The zero-order chi connectivity index (χ0) is 36.6. The van der Waals surface area contributed by atoms with Crippen LogP contribution >= 0.6 is 22.7 Å². The lowest BCUT2D eigenvalue weighted by Crippen LogP contribution is -2.08. The summed E-state index contributed by atoms with van der Waals surface area (Å²) in [4.78, 5) is 13.0. The molecular weight excluding hydrogens is 693 g/mol. The van der Waals surface area contributed by atoms with Crippen molar-refractivity contribution in [3.63, 3.8) is 0 Å². The molecule has 0 aliphatic heterocycles. The van der Waals surface area contributed by atoms with Gasteiger partial charge in [0, 0.05) is 11.1 Å². The van der Waals surface area contributed by atoms with Crippen LogP contribution in [0.4, 0.5) is 0 Å². The van der Waals surface area contributed by atoms with Gasteiger partial charge < -0.3 is 0 Å². The van der Waals surface area contributed by atoms with Crippen molar-refractivity contribution in [2.75, 3.05) is 0 Å². The molecule has 2 nitrogen and oxygen atoms in total. The summed E-state index contributed by atoms with van der Waals surface area (Å²) in [5.41, 5.74) is 9.54. The van der Waals surface area contributed by atoms with Crippen LogP contribution in [0, 0.1) is 0 Å². The molecule has 0 bridgehead atoms. The normalized spacial score (nSPS) is 12.7. The lowest BCUT2D eigenvalue weighted by molar-refractivity contribution is 0.725. The van der Waals surface area contributed by atoms with Crippen molar-refractivity contribution in [1.29, 1.82) is 0 Å². The highest BCUT2D eigenvalue weighted by Gasteiger charge is 2.17. The SMILES string of the molecule is c1ccc(C[C@@H](N=C(c2ccccc2)c2cccs2)c2ccccc2)cc1.c1ccc(C[C@H](N=C(c2ccccc2)c2cccs2)c2ccccc2)cc1. The maximum atomic E-state index is 5.28. The molecule has 4 heteroatoms. The highest BCUT2D eigenvalue weighted by Crippen LogP contribution is 2.28. The van der Waals surface area contributed by atoms with E-state index in [2.05, 4.69) is 205 Å². The lowest BCUT2D eigenvalue weighted by atomic mass is 9.98. The lowest BCUT2D eigenvalue weighted by Gasteiger charge is -2.16. The molecule has 0 fully saturated rings. The number of thiophene rings is 2. The third kappa shape index (κ3) is 10.1. The van der Waals surface area contributed by atoms with Gasteiger partial charge in [-0.15, -0.1) is 22.7 Å². The van der Waals surface area contributed by atoms with Gasteiger partial charge in [-0.05, 0) is 58.0 Å². The number of rotatable bonds is 12. The van der Waals surface area contributed by atoms with E-state index in [1.165, 1.54) is 32.0 Å². The van der Waals surface area contributed by atoms with Gasteiger partial charge in [-0.1, -0.05) is 194 Å². The summed E-state index contributed by atoms with van der Waals surface area (Å²) in [6.45, 7) is 0. The molecule has 0 aliphatic rings. The summed E-state index contributed by atoms with van der Waals surface area (Å²) >= 11 is 3.48. The summed E-state index contributed by atoms with van der Waals surface area (Å²) in [5.74, 6) is 0. The number of hydrogen-bond acceptors (Lipinski definition) is 4. The van der Waals surface area contributed by atoms with Crippen molar-refractivity contribution in [2.45, 2.75) is 24.9 Å². The van der Waals surface area contributed by atoms with Crippen LogP contribution in [0.15, 0.2) is 227 Å². The van der Waals surface area contributed by atoms with Crippen molar-refractivity contribution in [3.8, 4) is 0 Å². The molecule has 0 spiro atoms. The van der Waals surface area contributed by atoms with Gasteiger partial charge in [0.2, 0.25) is 0 Å². The van der Waals surface area contributed by atoms with Crippen molar-refractivity contribution < 1.29 is 0 Å². The predicted octanol–water partition coefficient (Wildman–Crippen LogP) is 13.1. The van der Waals surface area contributed by atoms with E-state index in [9.17, 15) is 0 Å². The van der Waals surface area contributed by atoms with E-state index in [-0.39, 0.29) is 12.1 Å². The molecule has 0 radical (unpaired) electrons. The first-order valence-electron chi connectivity index (χ1n) is 18.3. The van der Waals surface area contributed by atoms with E-state index in [4.69, 9.17) is 9.98 Å². The topological polar surface area (TPSA) is 24.7 Å². The fourth-order valence-electron chi connectivity index (χ4n) is 6.39. The summed E-state index contributed by atoms with van der Waals surface area (Å²) in [6, 6.07) is 72.0. The average Bonchev–Trinajstić information content (AvgIpc) is 4.00. The molecular formula is C50H42N2S2. The van der Waals surface area contributed by atoms with Crippen LogP contribution in [0.25, 0.3) is 0 Å². The second kappa shape index (κ2) is 19.2. The Bertz CT molecular complexity index is 2120. The largest absolute Gasteiger partial charge is 0.275 e. The Hall–Kier alpha value is -5.94. The van der Waals surface area contributed by atoms with Gasteiger partial charge in [-0.3, -0.25) is 9.98 Å². The third-order valence-corrected chi connectivity index (χ3v) is 10.8. The Balaban J connectivity index is 0.000000167. The Labute approximate surface area is 327 Å². The van der Waals surface area contributed by atoms with Crippen LogP contribution in [0.2, 0.25) is 0 Å². The Morgan fingerprint density at radius 2 is 0.667 bits per heavy atom. The molecule has 0 saturated heterocycles. The average molecular weight is 735 g/mol. The quantitative estimate of drug-likeness (QED) is 0.112. The van der Waals surface area contributed by atoms with Crippen molar-refractivity contribution in [1.82, 2.24) is 0 Å². The molecule has 2 atom stereocenters. The van der Waals surface area contributed by atoms with Crippen LogP contribution in [0.5, 0.6) is 0 Å². The molecule has 264 valence electrons. The number of hydrogen-bond donors (Lipinski definition) is 0.